The molecule has 22 heavy (non-hydrogen) atoms. The number of nitrogens with zero attached hydrogens (tertiary/aromatic N) is 1. The Morgan fingerprint density at radius 3 is 2.64 bits per heavy atom. The highest BCUT2D eigenvalue weighted by Gasteiger charge is 2.25. The van der Waals surface area contributed by atoms with E-state index in [0.29, 0.717) is 25.0 Å². The minimum Gasteiger partial charge on any atom is -0.254 e. The van der Waals surface area contributed by atoms with Crippen LogP contribution in [0.4, 0.5) is 0 Å². The molecule has 1 aliphatic heterocycles. The van der Waals surface area contributed by atoms with Gasteiger partial charge in [-0.1, -0.05) is 37.3 Å². The molecule has 2 atom stereocenters. The van der Waals surface area contributed by atoms with E-state index in [0.717, 1.165) is 19.3 Å². The summed E-state index contributed by atoms with van der Waals surface area (Å²) in [5.41, 5.74) is 7.95. The molecule has 2 unspecified atom stereocenters. The van der Waals surface area contributed by atoms with Crippen LogP contribution in [0.2, 0.25) is 0 Å². The third-order valence-electron chi connectivity index (χ3n) is 4.15. The van der Waals surface area contributed by atoms with E-state index >= 15 is 0 Å². The lowest BCUT2D eigenvalue weighted by molar-refractivity contribution is 0.428. The maximum Gasteiger partial charge on any atom is 0.213 e. The maximum absolute atomic E-state index is 11.9. The predicted octanol–water partition coefficient (Wildman–Crippen LogP) is 2.05. The molecule has 1 heterocycles. The van der Waals surface area contributed by atoms with Crippen LogP contribution in [0.25, 0.3) is 0 Å². The van der Waals surface area contributed by atoms with Crippen LogP contribution < -0.4 is 10.9 Å². The molecule has 0 radical (unpaired) electrons. The second-order valence-corrected chi connectivity index (χ2v) is 8.16. The molecule has 1 aliphatic rings. The third kappa shape index (κ3) is 4.78. The first-order chi connectivity index (χ1) is 10.5. The topological polar surface area (TPSA) is 61.4 Å². The van der Waals surface area contributed by atoms with Gasteiger partial charge in [-0.25, -0.2) is 12.7 Å². The summed E-state index contributed by atoms with van der Waals surface area (Å²) in [7, 11) is -1.38. The van der Waals surface area contributed by atoms with Crippen molar-refractivity contribution in [1.29, 1.82) is 0 Å². The number of hydrogen-bond acceptors (Lipinski definition) is 4. The van der Waals surface area contributed by atoms with Crippen molar-refractivity contribution in [2.75, 3.05) is 19.3 Å². The SMILES string of the molecule is CCCS(=O)(=O)N(C)CCCC1CC(c2ccccc2)NN1. The number of hydrogen-bond donors (Lipinski definition) is 2. The van der Waals surface area contributed by atoms with E-state index in [9.17, 15) is 8.42 Å². The molecule has 1 fully saturated rings. The molecule has 124 valence electrons. The Hall–Kier alpha value is -0.950. The number of sulfonamides is 1. The van der Waals surface area contributed by atoms with Gasteiger partial charge in [-0.2, -0.15) is 0 Å². The van der Waals surface area contributed by atoms with Gasteiger partial charge in [0.2, 0.25) is 10.0 Å². The lowest BCUT2D eigenvalue weighted by Crippen LogP contribution is -2.33. The Bertz CT molecular complexity index is 548. The summed E-state index contributed by atoms with van der Waals surface area (Å²) >= 11 is 0. The Morgan fingerprint density at radius 2 is 1.95 bits per heavy atom. The minimum absolute atomic E-state index is 0.239. The molecule has 5 nitrogen and oxygen atoms in total. The Labute approximate surface area is 134 Å². The molecule has 0 aliphatic carbocycles. The largest absolute Gasteiger partial charge is 0.254 e. The van der Waals surface area contributed by atoms with Crippen LogP contribution in [0.1, 0.15) is 44.2 Å². The fraction of sp³-hybridized carbons (Fsp3) is 0.625. The van der Waals surface area contributed by atoms with E-state index in [1.165, 1.54) is 9.87 Å². The first-order valence-electron chi connectivity index (χ1n) is 8.03. The number of nitrogens with one attached hydrogen (secondary N) is 2. The van der Waals surface area contributed by atoms with Crippen LogP contribution in [0.15, 0.2) is 30.3 Å². The van der Waals surface area contributed by atoms with Crippen molar-refractivity contribution >= 4 is 10.0 Å². The highest BCUT2D eigenvalue weighted by Crippen LogP contribution is 2.23. The number of benzene rings is 1. The van der Waals surface area contributed by atoms with Gasteiger partial charge in [0.1, 0.15) is 0 Å². The van der Waals surface area contributed by atoms with Crippen molar-refractivity contribution < 1.29 is 8.42 Å². The smallest absolute Gasteiger partial charge is 0.213 e. The third-order valence-corrected chi connectivity index (χ3v) is 6.20. The monoisotopic (exact) mass is 325 g/mol. The Morgan fingerprint density at radius 1 is 1.23 bits per heavy atom. The molecular weight excluding hydrogens is 298 g/mol. The van der Waals surface area contributed by atoms with Gasteiger partial charge < -0.3 is 0 Å². The number of hydrazine groups is 1. The summed E-state index contributed by atoms with van der Waals surface area (Å²) < 4.78 is 25.3. The molecule has 2 rings (SSSR count). The average molecular weight is 325 g/mol. The highest BCUT2D eigenvalue weighted by molar-refractivity contribution is 7.89. The van der Waals surface area contributed by atoms with Crippen molar-refractivity contribution in [1.82, 2.24) is 15.2 Å². The highest BCUT2D eigenvalue weighted by atomic mass is 32.2. The van der Waals surface area contributed by atoms with Gasteiger partial charge >= 0.3 is 0 Å². The quantitative estimate of drug-likeness (QED) is 0.768. The molecule has 0 spiro atoms. The van der Waals surface area contributed by atoms with Crippen LogP contribution in [0.5, 0.6) is 0 Å². The molecule has 0 saturated carbocycles. The van der Waals surface area contributed by atoms with E-state index in [4.69, 9.17) is 0 Å². The zero-order chi connectivity index (χ0) is 16.0. The first kappa shape index (κ1) is 17.4. The molecule has 1 aromatic rings. The fourth-order valence-corrected chi connectivity index (χ4v) is 4.06. The minimum atomic E-state index is -3.06. The molecule has 6 heteroatoms. The first-order valence-corrected chi connectivity index (χ1v) is 9.64. The summed E-state index contributed by atoms with van der Waals surface area (Å²) in [6.07, 6.45) is 3.55. The summed E-state index contributed by atoms with van der Waals surface area (Å²) in [4.78, 5) is 0. The summed E-state index contributed by atoms with van der Waals surface area (Å²) in [5, 5.41) is 0. The van der Waals surface area contributed by atoms with Crippen LogP contribution in [-0.2, 0) is 10.0 Å². The summed E-state index contributed by atoms with van der Waals surface area (Å²) in [5.74, 6) is 0.239. The van der Waals surface area contributed by atoms with Crippen molar-refractivity contribution in [3.63, 3.8) is 0 Å². The van der Waals surface area contributed by atoms with Crippen LogP contribution >= 0.6 is 0 Å². The molecular formula is C16H27N3O2S. The molecule has 1 saturated heterocycles. The van der Waals surface area contributed by atoms with Crippen molar-refractivity contribution in [3.05, 3.63) is 35.9 Å². The zero-order valence-corrected chi connectivity index (χ0v) is 14.3. The molecule has 0 amide bonds. The summed E-state index contributed by atoms with van der Waals surface area (Å²) in [6, 6.07) is 11.1. The molecule has 1 aromatic carbocycles. The van der Waals surface area contributed by atoms with E-state index in [1.807, 2.05) is 13.0 Å². The Balaban J connectivity index is 1.73. The van der Waals surface area contributed by atoms with Gasteiger partial charge in [-0.3, -0.25) is 10.9 Å². The standard InChI is InChI=1S/C16H27N3O2S/c1-3-12-22(20,21)19(2)11-7-10-15-13-16(18-17-15)14-8-5-4-6-9-14/h4-6,8-9,15-18H,3,7,10-13H2,1-2H3. The van der Waals surface area contributed by atoms with Crippen molar-refractivity contribution in [3.8, 4) is 0 Å². The maximum atomic E-state index is 11.9. The lowest BCUT2D eigenvalue weighted by Gasteiger charge is -2.17. The second-order valence-electron chi connectivity index (χ2n) is 5.96. The molecule has 0 aromatic heterocycles. The lowest BCUT2D eigenvalue weighted by atomic mass is 10.00. The predicted molar refractivity (Wildman–Crippen MR) is 89.8 cm³/mol. The van der Waals surface area contributed by atoms with Gasteiger partial charge in [0, 0.05) is 25.7 Å². The molecule has 0 bridgehead atoms. The van der Waals surface area contributed by atoms with E-state index < -0.39 is 10.0 Å². The van der Waals surface area contributed by atoms with Crippen molar-refractivity contribution in [2.24, 2.45) is 0 Å². The van der Waals surface area contributed by atoms with E-state index in [-0.39, 0.29) is 5.75 Å². The van der Waals surface area contributed by atoms with Gasteiger partial charge in [0.15, 0.2) is 0 Å². The average Bonchev–Trinajstić information content (AvgIpc) is 2.97. The zero-order valence-electron chi connectivity index (χ0n) is 13.5. The van der Waals surface area contributed by atoms with Crippen LogP contribution in [0.3, 0.4) is 0 Å². The van der Waals surface area contributed by atoms with Crippen LogP contribution in [-0.4, -0.2) is 38.1 Å². The van der Waals surface area contributed by atoms with Gasteiger partial charge in [-0.05, 0) is 31.2 Å². The second kappa shape index (κ2) is 8.06. The fourth-order valence-electron chi connectivity index (χ4n) is 2.83. The van der Waals surface area contributed by atoms with E-state index in [1.54, 1.807) is 7.05 Å². The van der Waals surface area contributed by atoms with Gasteiger partial charge in [0.05, 0.1) is 5.75 Å². The van der Waals surface area contributed by atoms with Gasteiger partial charge in [0.25, 0.3) is 0 Å². The van der Waals surface area contributed by atoms with Crippen molar-refractivity contribution in [2.45, 2.75) is 44.7 Å². The summed E-state index contributed by atoms with van der Waals surface area (Å²) in [6.45, 7) is 2.49. The molecule has 2 N–H and O–H groups in total. The van der Waals surface area contributed by atoms with Gasteiger partial charge in [-0.15, -0.1) is 0 Å². The normalized spacial score (nSPS) is 22.3. The van der Waals surface area contributed by atoms with E-state index in [2.05, 4.69) is 35.1 Å². The Kier molecular flexibility index (Phi) is 6.37. The van der Waals surface area contributed by atoms with Crippen LogP contribution in [0, 0.1) is 0 Å². The number of rotatable bonds is 8.